The summed E-state index contributed by atoms with van der Waals surface area (Å²) < 4.78 is 0. The van der Waals surface area contributed by atoms with Crippen molar-refractivity contribution in [3.8, 4) is 33.4 Å². The number of nitrogens with zero attached hydrogens (tertiary/aromatic N) is 2. The SMILES string of the molecule is C=C(C)C.C=CCC(/C=C\N(C)c1cc2c(cc1-c1ccccc1)-c1ccccc1C2(C)C)/C(=C\CC)N=C(C)c1ccc(C2=CC=CCC2)cc1.CC.Cc1ccccc1-c1ccccc1C. The first-order valence-corrected chi connectivity index (χ1v) is 24.6. The molecule has 6 aromatic rings. The first-order valence-electron chi connectivity index (χ1n) is 24.6. The molecule has 0 saturated carbocycles. The molecular weight excluding hydrogens is 821 g/mol. The summed E-state index contributed by atoms with van der Waals surface area (Å²) in [5.74, 6) is 0.105. The second-order valence-corrected chi connectivity index (χ2v) is 18.3. The summed E-state index contributed by atoms with van der Waals surface area (Å²) in [7, 11) is 2.17. The third-order valence-electron chi connectivity index (χ3n) is 12.5. The molecule has 0 bridgehead atoms. The Morgan fingerprint density at radius 3 is 1.84 bits per heavy atom. The molecule has 0 aromatic heterocycles. The maximum absolute atomic E-state index is 5.24. The third-order valence-corrected chi connectivity index (χ3v) is 12.5. The normalized spacial score (nSPS) is 13.8. The number of rotatable bonds is 12. The molecule has 0 aliphatic heterocycles. The minimum absolute atomic E-state index is 0.0717. The second-order valence-electron chi connectivity index (χ2n) is 18.3. The lowest BCUT2D eigenvalue weighted by molar-refractivity contribution is 0.660. The molecule has 0 spiro atoms. The molecule has 0 heterocycles. The van der Waals surface area contributed by atoms with E-state index in [4.69, 9.17) is 4.99 Å². The average Bonchev–Trinajstić information content (AvgIpc) is 3.58. The first kappa shape index (κ1) is 52.2. The molecule has 1 unspecified atom stereocenters. The van der Waals surface area contributed by atoms with Gasteiger partial charge in [0.2, 0.25) is 0 Å². The number of aliphatic imine (C=N–C) groups is 1. The fourth-order valence-corrected chi connectivity index (χ4v) is 8.93. The molecule has 0 amide bonds. The summed E-state index contributed by atoms with van der Waals surface area (Å²) in [4.78, 5) is 7.52. The number of hydrogen-bond acceptors (Lipinski definition) is 2. The van der Waals surface area contributed by atoms with Crippen LogP contribution in [0.3, 0.4) is 0 Å². The van der Waals surface area contributed by atoms with E-state index in [0.717, 1.165) is 42.7 Å². The van der Waals surface area contributed by atoms with E-state index < -0.39 is 0 Å². The van der Waals surface area contributed by atoms with Crippen LogP contribution in [0.5, 0.6) is 0 Å². The molecule has 0 fully saturated rings. The van der Waals surface area contributed by atoms with Crippen molar-refractivity contribution in [3.05, 3.63) is 240 Å². The Morgan fingerprint density at radius 1 is 0.706 bits per heavy atom. The Morgan fingerprint density at radius 2 is 1.28 bits per heavy atom. The van der Waals surface area contributed by atoms with Gasteiger partial charge in [0.05, 0.1) is 0 Å². The molecule has 0 radical (unpaired) electrons. The zero-order valence-corrected chi connectivity index (χ0v) is 43.0. The van der Waals surface area contributed by atoms with Crippen molar-refractivity contribution in [3.63, 3.8) is 0 Å². The Bertz CT molecular complexity index is 2720. The monoisotopic (exact) mass is 897 g/mol. The predicted octanol–water partition coefficient (Wildman–Crippen LogP) is 18.9. The minimum atomic E-state index is -0.0717. The van der Waals surface area contributed by atoms with E-state index in [2.05, 4.69) is 243 Å². The van der Waals surface area contributed by atoms with Gasteiger partial charge in [-0.25, -0.2) is 0 Å². The molecule has 0 saturated heterocycles. The van der Waals surface area contributed by atoms with Crippen molar-refractivity contribution in [2.75, 3.05) is 11.9 Å². The van der Waals surface area contributed by atoms with E-state index in [1.54, 1.807) is 0 Å². The summed E-state index contributed by atoms with van der Waals surface area (Å²) in [6.45, 7) is 28.9. The standard InChI is InChI=1S/C46H48N2.C14H14.C4H8.C2H6/c1-7-17-38(44(18-8-2)47-33(3)34-25-27-36(28-26-34)35-19-11-9-12-20-35)29-30-48(6)45-32-43-41(31-40(45)37-21-13-10-14-22-37)39-23-15-16-24-42(39)46(43,4)5;1-11-7-3-5-9-13(11)14-10-6-4-8-12(14)2;1-4(2)3;1-2/h7,9-11,13-16,18-19,21-32,38H,1,8,12,17,20H2,2-6H3;3-10H,1-2H3;1H2,2-3H3;1-2H3/b30-29-,44-18+,47-33?;;;. The maximum Gasteiger partial charge on any atom is 0.0486 e. The highest BCUT2D eigenvalue weighted by Gasteiger charge is 2.36. The number of aryl methyl sites for hydroxylation is 2. The first-order chi connectivity index (χ1) is 32.8. The van der Waals surface area contributed by atoms with E-state index in [9.17, 15) is 0 Å². The molecule has 2 aliphatic rings. The van der Waals surface area contributed by atoms with E-state index >= 15 is 0 Å². The van der Waals surface area contributed by atoms with Crippen molar-refractivity contribution >= 4 is 17.0 Å². The van der Waals surface area contributed by atoms with Crippen LogP contribution in [0.25, 0.3) is 39.0 Å². The zero-order valence-electron chi connectivity index (χ0n) is 43.0. The van der Waals surface area contributed by atoms with Gasteiger partial charge in [0.15, 0.2) is 0 Å². The molecule has 68 heavy (non-hydrogen) atoms. The highest BCUT2D eigenvalue weighted by atomic mass is 15.1. The Balaban J connectivity index is 0.000000359. The van der Waals surface area contributed by atoms with E-state index in [0.29, 0.717) is 0 Å². The summed E-state index contributed by atoms with van der Waals surface area (Å²) >= 11 is 0. The van der Waals surface area contributed by atoms with Crippen molar-refractivity contribution < 1.29 is 0 Å². The topological polar surface area (TPSA) is 15.6 Å². The fourth-order valence-electron chi connectivity index (χ4n) is 8.93. The molecule has 2 aliphatic carbocycles. The maximum atomic E-state index is 5.24. The van der Waals surface area contributed by atoms with Crippen LogP contribution in [-0.2, 0) is 5.41 Å². The van der Waals surface area contributed by atoms with Gasteiger partial charge in [-0.05, 0) is 139 Å². The van der Waals surface area contributed by atoms with Gasteiger partial charge in [0.25, 0.3) is 0 Å². The lowest BCUT2D eigenvalue weighted by Gasteiger charge is -2.26. The lowest BCUT2D eigenvalue weighted by atomic mass is 9.81. The largest absolute Gasteiger partial charge is 0.351 e. The number of anilines is 1. The van der Waals surface area contributed by atoms with Gasteiger partial charge in [-0.2, -0.15) is 0 Å². The van der Waals surface area contributed by atoms with Gasteiger partial charge >= 0.3 is 0 Å². The molecule has 6 aromatic carbocycles. The molecule has 2 heteroatoms. The number of fused-ring (bicyclic) bond motifs is 3. The highest BCUT2D eigenvalue weighted by molar-refractivity contribution is 5.99. The van der Waals surface area contributed by atoms with Gasteiger partial charge in [-0.1, -0.05) is 204 Å². The minimum Gasteiger partial charge on any atom is -0.351 e. The lowest BCUT2D eigenvalue weighted by Crippen LogP contribution is -2.17. The van der Waals surface area contributed by atoms with Gasteiger partial charge < -0.3 is 4.90 Å². The third kappa shape index (κ3) is 13.2. The molecule has 2 nitrogen and oxygen atoms in total. The summed E-state index contributed by atoms with van der Waals surface area (Å²) in [6.07, 6.45) is 19.4. The van der Waals surface area contributed by atoms with Crippen LogP contribution in [0.4, 0.5) is 5.69 Å². The highest BCUT2D eigenvalue weighted by Crippen LogP contribution is 2.51. The van der Waals surface area contributed by atoms with Crippen LogP contribution in [0.15, 0.2) is 212 Å². The van der Waals surface area contributed by atoms with Gasteiger partial charge in [0, 0.05) is 47.2 Å². The molecule has 0 N–H and O–H groups in total. The number of benzene rings is 6. The quantitative estimate of drug-likeness (QED) is 0.0883. The second kappa shape index (κ2) is 25.4. The van der Waals surface area contributed by atoms with E-state index in [1.807, 2.05) is 33.8 Å². The van der Waals surface area contributed by atoms with Crippen molar-refractivity contribution in [1.82, 2.24) is 0 Å². The van der Waals surface area contributed by atoms with Crippen LogP contribution in [0, 0.1) is 19.8 Å². The zero-order chi connectivity index (χ0) is 49.2. The average molecular weight is 897 g/mol. The van der Waals surface area contributed by atoms with Crippen molar-refractivity contribution in [1.29, 1.82) is 0 Å². The molecule has 350 valence electrons. The van der Waals surface area contributed by atoms with Gasteiger partial charge in [-0.3, -0.25) is 4.99 Å². The predicted molar refractivity (Wildman–Crippen MR) is 302 cm³/mol. The van der Waals surface area contributed by atoms with Crippen LogP contribution < -0.4 is 4.90 Å². The van der Waals surface area contributed by atoms with E-state index in [1.165, 1.54) is 78.0 Å². The Kier molecular flexibility index (Phi) is 19.5. The van der Waals surface area contributed by atoms with Crippen molar-refractivity contribution in [2.45, 2.75) is 100 Å². The van der Waals surface area contributed by atoms with Crippen LogP contribution in [-0.4, -0.2) is 12.8 Å². The van der Waals surface area contributed by atoms with Gasteiger partial charge in [0.1, 0.15) is 0 Å². The van der Waals surface area contributed by atoms with Crippen molar-refractivity contribution in [2.24, 2.45) is 10.9 Å². The summed E-state index contributed by atoms with van der Waals surface area (Å²) in [5.41, 5.74) is 21.5. The molecule has 8 rings (SSSR count). The smallest absolute Gasteiger partial charge is 0.0486 e. The Labute approximate surface area is 411 Å². The summed E-state index contributed by atoms with van der Waals surface area (Å²) in [5, 5.41) is 0. The van der Waals surface area contributed by atoms with Crippen LogP contribution >= 0.6 is 0 Å². The summed E-state index contributed by atoms with van der Waals surface area (Å²) in [6, 6.07) is 50.4. The Hall–Kier alpha value is -6.77. The molecular formula is C66H76N2. The van der Waals surface area contributed by atoms with Gasteiger partial charge in [-0.15, -0.1) is 13.2 Å². The van der Waals surface area contributed by atoms with Crippen LogP contribution in [0.2, 0.25) is 0 Å². The number of allylic oxidation sites excluding steroid dienone is 8. The van der Waals surface area contributed by atoms with Crippen LogP contribution in [0.1, 0.15) is 114 Å². The number of hydrogen-bond donors (Lipinski definition) is 0. The molecule has 1 atom stereocenters. The van der Waals surface area contributed by atoms with E-state index in [-0.39, 0.29) is 11.3 Å². The fraction of sp³-hybridized carbons (Fsp3) is 0.258.